The molecule has 0 aliphatic carbocycles. The number of ether oxygens (including phenoxy) is 1. The van der Waals surface area contributed by atoms with Crippen molar-refractivity contribution >= 4 is 5.97 Å². The number of hydrogen-bond donors (Lipinski definition) is 1. The molecule has 4 heteroatoms. The second-order valence-corrected chi connectivity index (χ2v) is 3.05. The lowest BCUT2D eigenvalue weighted by Crippen LogP contribution is -1.95. The molecule has 1 rings (SSSR count). The van der Waals surface area contributed by atoms with Crippen LogP contribution in [0.15, 0.2) is 16.5 Å². The van der Waals surface area contributed by atoms with Gasteiger partial charge in [-0.05, 0) is 18.6 Å². The molecule has 0 fully saturated rings. The molecule has 0 aliphatic rings. The Morgan fingerprint density at radius 2 is 2.21 bits per heavy atom. The minimum absolute atomic E-state index is 0.181. The minimum atomic E-state index is -0.770. The number of carboxylic acid groups (broad SMARTS) is 1. The lowest BCUT2D eigenvalue weighted by Gasteiger charge is -1.95. The summed E-state index contributed by atoms with van der Waals surface area (Å²) in [4.78, 5) is 10.2. The maximum atomic E-state index is 10.2. The zero-order valence-corrected chi connectivity index (χ0v) is 8.16. The standard InChI is InChI=1S/C10H14O4/c1-13-7-9-6-5-8(14-9)3-2-4-10(11)12/h5-6H,2-4,7H2,1H3,(H,11,12). The molecule has 1 heterocycles. The molecule has 0 aromatic carbocycles. The molecule has 0 saturated heterocycles. The van der Waals surface area contributed by atoms with Gasteiger partial charge in [0.1, 0.15) is 18.1 Å². The summed E-state index contributed by atoms with van der Waals surface area (Å²) in [5, 5.41) is 8.43. The van der Waals surface area contributed by atoms with Crippen molar-refractivity contribution < 1.29 is 19.1 Å². The molecule has 1 aromatic rings. The van der Waals surface area contributed by atoms with Crippen molar-refractivity contribution in [2.45, 2.75) is 25.9 Å². The number of methoxy groups -OCH3 is 1. The van der Waals surface area contributed by atoms with Gasteiger partial charge >= 0.3 is 5.97 Å². The van der Waals surface area contributed by atoms with E-state index < -0.39 is 5.97 Å². The lowest BCUT2D eigenvalue weighted by molar-refractivity contribution is -0.137. The zero-order chi connectivity index (χ0) is 10.4. The van der Waals surface area contributed by atoms with Gasteiger partial charge in [0, 0.05) is 20.0 Å². The largest absolute Gasteiger partial charge is 0.481 e. The van der Waals surface area contributed by atoms with Crippen molar-refractivity contribution in [1.82, 2.24) is 0 Å². The lowest BCUT2D eigenvalue weighted by atomic mass is 10.2. The van der Waals surface area contributed by atoms with Crippen molar-refractivity contribution in [1.29, 1.82) is 0 Å². The summed E-state index contributed by atoms with van der Waals surface area (Å²) >= 11 is 0. The Balaban J connectivity index is 2.32. The number of aryl methyl sites for hydroxylation is 1. The van der Waals surface area contributed by atoms with Gasteiger partial charge in [0.15, 0.2) is 0 Å². The number of carboxylic acids is 1. The quantitative estimate of drug-likeness (QED) is 0.757. The molecule has 4 nitrogen and oxygen atoms in total. The average Bonchev–Trinajstić information content (AvgIpc) is 2.53. The number of rotatable bonds is 6. The molecule has 0 spiro atoms. The summed E-state index contributed by atoms with van der Waals surface area (Å²) in [7, 11) is 1.60. The first-order valence-corrected chi connectivity index (χ1v) is 4.50. The van der Waals surface area contributed by atoms with Crippen LogP contribution in [0.25, 0.3) is 0 Å². The van der Waals surface area contributed by atoms with Gasteiger partial charge in [-0.15, -0.1) is 0 Å². The van der Waals surface area contributed by atoms with E-state index in [4.69, 9.17) is 14.3 Å². The van der Waals surface area contributed by atoms with Crippen LogP contribution in [0, 0.1) is 0 Å². The molecule has 0 unspecified atom stereocenters. The summed E-state index contributed by atoms with van der Waals surface area (Å²) in [6, 6.07) is 3.70. The highest BCUT2D eigenvalue weighted by Gasteiger charge is 2.03. The summed E-state index contributed by atoms with van der Waals surface area (Å²) in [6.45, 7) is 0.457. The fraction of sp³-hybridized carbons (Fsp3) is 0.500. The van der Waals surface area contributed by atoms with Crippen LogP contribution < -0.4 is 0 Å². The minimum Gasteiger partial charge on any atom is -0.481 e. The fourth-order valence-electron chi connectivity index (χ4n) is 1.19. The Morgan fingerprint density at radius 1 is 1.50 bits per heavy atom. The molecule has 0 atom stereocenters. The highest BCUT2D eigenvalue weighted by Crippen LogP contribution is 2.11. The van der Waals surface area contributed by atoms with E-state index >= 15 is 0 Å². The monoisotopic (exact) mass is 198 g/mol. The van der Waals surface area contributed by atoms with Crippen molar-refractivity contribution in [3.63, 3.8) is 0 Å². The van der Waals surface area contributed by atoms with Gasteiger partial charge in [0.05, 0.1) is 0 Å². The van der Waals surface area contributed by atoms with Crippen molar-refractivity contribution in [3.8, 4) is 0 Å². The summed E-state index contributed by atoms with van der Waals surface area (Å²) in [5.41, 5.74) is 0. The molecule has 78 valence electrons. The van der Waals surface area contributed by atoms with E-state index in [0.29, 0.717) is 19.4 Å². The third-order valence-corrected chi connectivity index (χ3v) is 1.82. The smallest absolute Gasteiger partial charge is 0.303 e. The predicted octanol–water partition coefficient (Wildman–Crippen LogP) is 1.83. The third-order valence-electron chi connectivity index (χ3n) is 1.82. The molecular weight excluding hydrogens is 184 g/mol. The Labute approximate surface area is 82.5 Å². The summed E-state index contributed by atoms with van der Waals surface area (Å²) in [5.74, 6) is 0.824. The van der Waals surface area contributed by atoms with Crippen LogP contribution in [0.1, 0.15) is 24.4 Å². The van der Waals surface area contributed by atoms with E-state index in [-0.39, 0.29) is 6.42 Å². The van der Waals surface area contributed by atoms with Crippen molar-refractivity contribution in [3.05, 3.63) is 23.7 Å². The maximum absolute atomic E-state index is 10.2. The van der Waals surface area contributed by atoms with Gasteiger partial charge in [-0.3, -0.25) is 4.79 Å². The van der Waals surface area contributed by atoms with Crippen LogP contribution in [-0.4, -0.2) is 18.2 Å². The van der Waals surface area contributed by atoms with E-state index in [2.05, 4.69) is 0 Å². The van der Waals surface area contributed by atoms with Crippen LogP contribution in [0.4, 0.5) is 0 Å². The average molecular weight is 198 g/mol. The number of aliphatic carboxylic acids is 1. The molecule has 0 bridgehead atoms. The normalized spacial score (nSPS) is 10.4. The van der Waals surface area contributed by atoms with Gasteiger partial charge in [-0.1, -0.05) is 0 Å². The molecule has 0 saturated carbocycles. The molecule has 0 aliphatic heterocycles. The second kappa shape index (κ2) is 5.44. The summed E-state index contributed by atoms with van der Waals surface area (Å²) in [6.07, 6.45) is 1.45. The van der Waals surface area contributed by atoms with E-state index in [0.717, 1.165) is 11.5 Å². The van der Waals surface area contributed by atoms with Crippen molar-refractivity contribution in [2.75, 3.05) is 7.11 Å². The highest BCUT2D eigenvalue weighted by atomic mass is 16.5. The molecular formula is C10H14O4. The molecule has 14 heavy (non-hydrogen) atoms. The van der Waals surface area contributed by atoms with E-state index in [9.17, 15) is 4.79 Å². The first kappa shape index (κ1) is 10.8. The third kappa shape index (κ3) is 3.62. The Morgan fingerprint density at radius 3 is 2.86 bits per heavy atom. The SMILES string of the molecule is COCc1ccc(CCCC(=O)O)o1. The zero-order valence-electron chi connectivity index (χ0n) is 8.16. The Kier molecular flexibility index (Phi) is 4.19. The van der Waals surface area contributed by atoms with Gasteiger partial charge in [-0.25, -0.2) is 0 Å². The van der Waals surface area contributed by atoms with E-state index in [1.165, 1.54) is 0 Å². The van der Waals surface area contributed by atoms with Gasteiger partial charge in [0.2, 0.25) is 0 Å². The topological polar surface area (TPSA) is 59.7 Å². The van der Waals surface area contributed by atoms with Crippen LogP contribution in [0.3, 0.4) is 0 Å². The van der Waals surface area contributed by atoms with Crippen LogP contribution >= 0.6 is 0 Å². The highest BCUT2D eigenvalue weighted by molar-refractivity contribution is 5.66. The van der Waals surface area contributed by atoms with Crippen LogP contribution in [0.5, 0.6) is 0 Å². The first-order valence-electron chi connectivity index (χ1n) is 4.50. The molecule has 0 amide bonds. The van der Waals surface area contributed by atoms with Gasteiger partial charge in [0.25, 0.3) is 0 Å². The molecule has 1 N–H and O–H groups in total. The van der Waals surface area contributed by atoms with E-state index in [1.807, 2.05) is 12.1 Å². The van der Waals surface area contributed by atoms with Crippen LogP contribution in [0.2, 0.25) is 0 Å². The Bertz CT molecular complexity index is 290. The van der Waals surface area contributed by atoms with E-state index in [1.54, 1.807) is 7.11 Å². The number of furan rings is 1. The molecule has 1 aromatic heterocycles. The second-order valence-electron chi connectivity index (χ2n) is 3.05. The van der Waals surface area contributed by atoms with Crippen LogP contribution in [-0.2, 0) is 22.6 Å². The molecule has 0 radical (unpaired) electrons. The summed E-state index contributed by atoms with van der Waals surface area (Å²) < 4.78 is 10.3. The van der Waals surface area contributed by atoms with Gasteiger partial charge < -0.3 is 14.3 Å². The Hall–Kier alpha value is -1.29. The van der Waals surface area contributed by atoms with Crippen molar-refractivity contribution in [2.24, 2.45) is 0 Å². The number of hydrogen-bond acceptors (Lipinski definition) is 3. The van der Waals surface area contributed by atoms with Gasteiger partial charge in [-0.2, -0.15) is 0 Å². The maximum Gasteiger partial charge on any atom is 0.303 e. The fourth-order valence-corrected chi connectivity index (χ4v) is 1.19. The first-order chi connectivity index (χ1) is 6.72. The number of carbonyl (C=O) groups is 1. The predicted molar refractivity (Wildman–Crippen MR) is 50.0 cm³/mol.